The molecule has 0 radical (unpaired) electrons. The fraction of sp³-hybridized carbons (Fsp3) is 0. The summed E-state index contributed by atoms with van der Waals surface area (Å²) in [6.07, 6.45) is 1.78. The summed E-state index contributed by atoms with van der Waals surface area (Å²) in [4.78, 5) is 15.2. The van der Waals surface area contributed by atoms with Crippen LogP contribution in [0.3, 0.4) is 0 Å². The van der Waals surface area contributed by atoms with Gasteiger partial charge in [0, 0.05) is 49.5 Å². The van der Waals surface area contributed by atoms with Crippen molar-refractivity contribution >= 4 is 92.6 Å². The Bertz CT molecular complexity index is 3370. The lowest BCUT2D eigenvalue weighted by Gasteiger charge is -2.15. The van der Waals surface area contributed by atoms with Gasteiger partial charge < -0.3 is 4.40 Å². The predicted molar refractivity (Wildman–Crippen MR) is 207 cm³/mol. The summed E-state index contributed by atoms with van der Waals surface area (Å²) in [5.41, 5.74) is 9.11. The van der Waals surface area contributed by atoms with Gasteiger partial charge in [-0.15, -0.1) is 0 Å². The van der Waals surface area contributed by atoms with E-state index in [9.17, 15) is 0 Å². The van der Waals surface area contributed by atoms with Gasteiger partial charge in [-0.2, -0.15) is 0 Å². The highest BCUT2D eigenvalue weighted by atomic mass is 15.1. The molecule has 0 bridgehead atoms. The van der Waals surface area contributed by atoms with Crippen LogP contribution in [-0.2, 0) is 0 Å². The molecule has 0 N–H and O–H groups in total. The Kier molecular flexibility index (Phi) is 4.91. The van der Waals surface area contributed by atoms with Crippen molar-refractivity contribution in [3.8, 4) is 17.1 Å². The number of rotatable bonds is 2. The standard InChI is InChI=1S/C45H25N5/c1-2-12-26(13-3-1)40-45(47-35-21-11-23-46-44(35)48-40)50-36-22-9-8-18-32(36)39-42(50)30-17-7-6-16-29(30)38-33-20-10-19-31-34-24-27-14-4-5-15-28(27)25-37(34)49(41(31)33)43(38)39/h1-25H. The van der Waals surface area contributed by atoms with Crippen LogP contribution in [0.25, 0.3) is 110 Å². The Hall–Kier alpha value is -6.85. The number of fused-ring (bicyclic) bond motifs is 15. The molecule has 5 heteroatoms. The van der Waals surface area contributed by atoms with Crippen molar-refractivity contribution in [2.75, 3.05) is 0 Å². The number of benzene rings is 7. The van der Waals surface area contributed by atoms with Gasteiger partial charge >= 0.3 is 0 Å². The third-order valence-electron chi connectivity index (χ3n) is 10.6. The maximum atomic E-state index is 5.38. The number of hydrogen-bond donors (Lipinski definition) is 0. The molecule has 0 saturated heterocycles. The van der Waals surface area contributed by atoms with Gasteiger partial charge in [0.05, 0.1) is 27.6 Å². The average Bonchev–Trinajstić information content (AvgIpc) is 3.82. The zero-order valence-corrected chi connectivity index (χ0v) is 26.7. The van der Waals surface area contributed by atoms with Gasteiger partial charge in [-0.25, -0.2) is 15.0 Å². The summed E-state index contributed by atoms with van der Waals surface area (Å²) in [5.74, 6) is 0.789. The van der Waals surface area contributed by atoms with Gasteiger partial charge in [0.1, 0.15) is 11.2 Å². The molecule has 0 unspecified atom stereocenters. The highest BCUT2D eigenvalue weighted by Crippen LogP contribution is 2.49. The number of nitrogens with zero attached hydrogens (tertiary/aromatic N) is 5. The van der Waals surface area contributed by atoms with Crippen LogP contribution in [0, 0.1) is 0 Å². The molecule has 0 spiro atoms. The second-order valence-electron chi connectivity index (χ2n) is 13.2. The highest BCUT2D eigenvalue weighted by Gasteiger charge is 2.27. The van der Waals surface area contributed by atoms with Gasteiger partial charge in [-0.05, 0) is 46.5 Å². The molecule has 0 fully saturated rings. The average molecular weight is 636 g/mol. The Morgan fingerprint density at radius 2 is 1.14 bits per heavy atom. The molecule has 12 rings (SSSR count). The summed E-state index contributed by atoms with van der Waals surface area (Å²) >= 11 is 0. The van der Waals surface area contributed by atoms with Crippen LogP contribution in [0.2, 0.25) is 0 Å². The van der Waals surface area contributed by atoms with Crippen molar-refractivity contribution in [3.05, 3.63) is 152 Å². The van der Waals surface area contributed by atoms with Gasteiger partial charge in [-0.1, -0.05) is 115 Å². The van der Waals surface area contributed by atoms with E-state index >= 15 is 0 Å². The summed E-state index contributed by atoms with van der Waals surface area (Å²) in [6, 6.07) is 52.2. The quantitative estimate of drug-likeness (QED) is 0.190. The molecule has 5 aromatic heterocycles. The lowest BCUT2D eigenvalue weighted by molar-refractivity contribution is 1.07. The molecule has 5 heterocycles. The number of aromatic nitrogens is 5. The van der Waals surface area contributed by atoms with E-state index < -0.39 is 0 Å². The largest absolute Gasteiger partial charge is 0.307 e. The van der Waals surface area contributed by atoms with Crippen molar-refractivity contribution in [3.63, 3.8) is 0 Å². The molecular formula is C45H25N5. The van der Waals surface area contributed by atoms with Crippen LogP contribution in [-0.4, -0.2) is 23.9 Å². The van der Waals surface area contributed by atoms with E-state index in [0.717, 1.165) is 33.6 Å². The molecule has 0 aliphatic carbocycles. The monoisotopic (exact) mass is 635 g/mol. The van der Waals surface area contributed by atoms with Crippen molar-refractivity contribution in [2.45, 2.75) is 0 Å². The Morgan fingerprint density at radius 3 is 2.02 bits per heavy atom. The first-order valence-corrected chi connectivity index (χ1v) is 17.0. The summed E-state index contributed by atoms with van der Waals surface area (Å²) < 4.78 is 4.90. The summed E-state index contributed by atoms with van der Waals surface area (Å²) in [5, 5.41) is 12.4. The van der Waals surface area contributed by atoms with E-state index in [2.05, 4.69) is 141 Å². The van der Waals surface area contributed by atoms with Crippen molar-refractivity contribution in [1.29, 1.82) is 0 Å². The Balaban J connectivity index is 1.38. The van der Waals surface area contributed by atoms with Gasteiger partial charge in [0.15, 0.2) is 11.5 Å². The molecule has 0 amide bonds. The predicted octanol–water partition coefficient (Wildman–Crippen LogP) is 11.2. The van der Waals surface area contributed by atoms with Crippen molar-refractivity contribution < 1.29 is 0 Å². The van der Waals surface area contributed by atoms with Crippen LogP contribution < -0.4 is 0 Å². The zero-order chi connectivity index (χ0) is 32.5. The Morgan fingerprint density at radius 1 is 0.440 bits per heavy atom. The summed E-state index contributed by atoms with van der Waals surface area (Å²) in [6.45, 7) is 0. The first-order valence-electron chi connectivity index (χ1n) is 17.0. The zero-order valence-electron chi connectivity index (χ0n) is 26.7. The molecule has 50 heavy (non-hydrogen) atoms. The second kappa shape index (κ2) is 9.40. The summed E-state index contributed by atoms with van der Waals surface area (Å²) in [7, 11) is 0. The molecule has 5 nitrogen and oxygen atoms in total. The van der Waals surface area contributed by atoms with Gasteiger partial charge in [0.25, 0.3) is 0 Å². The van der Waals surface area contributed by atoms with Crippen molar-refractivity contribution in [2.24, 2.45) is 0 Å². The van der Waals surface area contributed by atoms with Gasteiger partial charge in [-0.3, -0.25) is 4.57 Å². The second-order valence-corrected chi connectivity index (χ2v) is 13.2. The van der Waals surface area contributed by atoms with Crippen LogP contribution in [0.4, 0.5) is 0 Å². The smallest absolute Gasteiger partial charge is 0.178 e. The molecule has 0 aliphatic heterocycles. The fourth-order valence-electron chi connectivity index (χ4n) is 8.63. The van der Waals surface area contributed by atoms with Crippen LogP contribution >= 0.6 is 0 Å². The minimum atomic E-state index is 0.630. The van der Waals surface area contributed by atoms with Crippen LogP contribution in [0.1, 0.15) is 0 Å². The maximum absolute atomic E-state index is 5.38. The molecule has 12 aromatic rings. The lowest BCUT2D eigenvalue weighted by Crippen LogP contribution is -2.04. The minimum Gasteiger partial charge on any atom is -0.307 e. The normalized spacial score (nSPS) is 12.4. The molecule has 7 aromatic carbocycles. The third-order valence-corrected chi connectivity index (χ3v) is 10.6. The topological polar surface area (TPSA) is 48.0 Å². The first-order chi connectivity index (χ1) is 24.8. The van der Waals surface area contributed by atoms with Crippen LogP contribution in [0.15, 0.2) is 152 Å². The number of para-hydroxylation sites is 2. The minimum absolute atomic E-state index is 0.630. The van der Waals surface area contributed by atoms with Crippen LogP contribution in [0.5, 0.6) is 0 Å². The molecule has 230 valence electrons. The van der Waals surface area contributed by atoms with E-state index in [1.54, 1.807) is 6.20 Å². The van der Waals surface area contributed by atoms with Gasteiger partial charge in [0.2, 0.25) is 0 Å². The van der Waals surface area contributed by atoms with E-state index in [-0.39, 0.29) is 0 Å². The number of pyridine rings is 1. The highest BCUT2D eigenvalue weighted by molar-refractivity contribution is 6.39. The molecular weight excluding hydrogens is 611 g/mol. The van der Waals surface area contributed by atoms with E-state index in [1.807, 2.05) is 18.2 Å². The van der Waals surface area contributed by atoms with E-state index in [0.29, 0.717) is 5.65 Å². The maximum Gasteiger partial charge on any atom is 0.178 e. The SMILES string of the molecule is c1ccc(-c2nc3ncccc3nc2-n2c3ccccc3c3c2c2ccccc2c2c4cccc5c6cc7ccccc7cc6n(c54)c23)cc1. The van der Waals surface area contributed by atoms with E-state index in [4.69, 9.17) is 9.97 Å². The fourth-order valence-corrected chi connectivity index (χ4v) is 8.63. The lowest BCUT2D eigenvalue weighted by atomic mass is 9.98. The molecule has 0 atom stereocenters. The number of hydrogen-bond acceptors (Lipinski definition) is 3. The molecule has 0 saturated carbocycles. The third kappa shape index (κ3) is 3.24. The molecule has 0 aliphatic rings. The van der Waals surface area contributed by atoms with Crippen molar-refractivity contribution in [1.82, 2.24) is 23.9 Å². The van der Waals surface area contributed by atoms with E-state index in [1.165, 1.54) is 70.4 Å². The Labute approximate surface area is 284 Å². The first kappa shape index (κ1) is 26.1.